The fourth-order valence-electron chi connectivity index (χ4n) is 3.30. The largest absolute Gasteiger partial charge is 0.497 e. The first kappa shape index (κ1) is 23.4. The minimum atomic E-state index is -0.391. The van der Waals surface area contributed by atoms with Crippen LogP contribution in [0.25, 0.3) is 11.0 Å². The molecular formula is C26H24N4O5. The third-order valence-electron chi connectivity index (χ3n) is 5.11. The maximum absolute atomic E-state index is 12.4. The molecule has 9 heteroatoms. The van der Waals surface area contributed by atoms with Gasteiger partial charge in [0.05, 0.1) is 20.1 Å². The van der Waals surface area contributed by atoms with Crippen LogP contribution in [0.3, 0.4) is 0 Å². The molecule has 0 fully saturated rings. The Kier molecular flexibility index (Phi) is 7.27. The molecule has 4 aromatic rings. The quantitative estimate of drug-likeness (QED) is 0.291. The zero-order chi connectivity index (χ0) is 24.6. The Labute approximate surface area is 201 Å². The normalized spacial score (nSPS) is 10.4. The van der Waals surface area contributed by atoms with Gasteiger partial charge in [0.15, 0.2) is 5.76 Å². The van der Waals surface area contributed by atoms with E-state index in [1.165, 1.54) is 0 Å². The number of carbonyl (C=O) groups excluding carboxylic acids is 3. The molecule has 0 atom stereocenters. The van der Waals surface area contributed by atoms with Gasteiger partial charge in [0, 0.05) is 16.8 Å². The lowest BCUT2D eigenvalue weighted by Gasteiger charge is -2.10. The highest BCUT2D eigenvalue weighted by atomic mass is 16.5. The van der Waals surface area contributed by atoms with Crippen molar-refractivity contribution >= 4 is 40.1 Å². The Morgan fingerprint density at radius 1 is 0.829 bits per heavy atom. The minimum absolute atomic E-state index is 0.00770. The second-order valence-electron chi connectivity index (χ2n) is 7.65. The van der Waals surface area contributed by atoms with E-state index >= 15 is 0 Å². The Morgan fingerprint density at radius 3 is 2.23 bits per heavy atom. The van der Waals surface area contributed by atoms with Crippen LogP contribution in [0.4, 0.5) is 11.4 Å². The Hall–Kier alpha value is -4.79. The predicted octanol–water partition coefficient (Wildman–Crippen LogP) is 3.50. The SMILES string of the molecule is COc1ccc(NCC(=O)NNC(=O)Cc2ccc(NC(=O)c3cc4ccccc4o3)cc2)cc1. The van der Waals surface area contributed by atoms with E-state index < -0.39 is 5.91 Å². The van der Waals surface area contributed by atoms with Crippen molar-refractivity contribution in [3.8, 4) is 5.75 Å². The molecule has 4 N–H and O–H groups in total. The fourth-order valence-corrected chi connectivity index (χ4v) is 3.30. The number of rotatable bonds is 8. The van der Waals surface area contributed by atoms with Crippen molar-refractivity contribution < 1.29 is 23.5 Å². The van der Waals surface area contributed by atoms with Gasteiger partial charge in [0.1, 0.15) is 11.3 Å². The maximum atomic E-state index is 12.4. The summed E-state index contributed by atoms with van der Waals surface area (Å²) < 4.78 is 10.7. The van der Waals surface area contributed by atoms with Gasteiger partial charge >= 0.3 is 0 Å². The monoisotopic (exact) mass is 472 g/mol. The first-order valence-electron chi connectivity index (χ1n) is 10.8. The summed E-state index contributed by atoms with van der Waals surface area (Å²) in [6, 6.07) is 23.0. The molecular weight excluding hydrogens is 448 g/mol. The van der Waals surface area contributed by atoms with Gasteiger partial charge < -0.3 is 19.8 Å². The summed E-state index contributed by atoms with van der Waals surface area (Å²) >= 11 is 0. The van der Waals surface area contributed by atoms with Crippen LogP contribution in [0, 0.1) is 0 Å². The van der Waals surface area contributed by atoms with E-state index in [1.807, 2.05) is 18.2 Å². The minimum Gasteiger partial charge on any atom is -0.497 e. The van der Waals surface area contributed by atoms with Crippen molar-refractivity contribution in [3.05, 3.63) is 90.2 Å². The number of para-hydroxylation sites is 1. The molecule has 1 heterocycles. The van der Waals surface area contributed by atoms with Crippen LogP contribution in [-0.4, -0.2) is 31.4 Å². The summed E-state index contributed by atoms with van der Waals surface area (Å²) in [6.07, 6.45) is 0.0595. The Bertz CT molecular complexity index is 1300. The Morgan fingerprint density at radius 2 is 1.51 bits per heavy atom. The van der Waals surface area contributed by atoms with Gasteiger partial charge in [-0.15, -0.1) is 0 Å². The number of carbonyl (C=O) groups is 3. The summed E-state index contributed by atoms with van der Waals surface area (Å²) in [7, 11) is 1.58. The van der Waals surface area contributed by atoms with Crippen LogP contribution >= 0.6 is 0 Å². The lowest BCUT2D eigenvalue weighted by Crippen LogP contribution is -2.44. The van der Waals surface area contributed by atoms with Crippen LogP contribution in [0.15, 0.2) is 83.3 Å². The van der Waals surface area contributed by atoms with Crippen LogP contribution < -0.4 is 26.2 Å². The third-order valence-corrected chi connectivity index (χ3v) is 5.11. The number of methoxy groups -OCH3 is 1. The Balaban J connectivity index is 1.20. The standard InChI is InChI=1S/C26H24N4O5/c1-34-21-12-10-19(11-13-21)27-16-25(32)30-29-24(31)14-17-6-8-20(9-7-17)28-26(33)23-15-18-4-2-3-5-22(18)35-23/h2-13,15,27H,14,16H2,1H3,(H,28,33)(H,29,31)(H,30,32). The molecule has 9 nitrogen and oxygen atoms in total. The lowest BCUT2D eigenvalue weighted by atomic mass is 10.1. The van der Waals surface area contributed by atoms with Gasteiger partial charge in [-0.2, -0.15) is 0 Å². The summed E-state index contributed by atoms with van der Waals surface area (Å²) in [6.45, 7) is -0.00770. The molecule has 0 spiro atoms. The van der Waals surface area contributed by atoms with Crippen LogP contribution in [0.1, 0.15) is 16.1 Å². The number of hydrogen-bond donors (Lipinski definition) is 4. The molecule has 35 heavy (non-hydrogen) atoms. The number of anilines is 2. The van der Waals surface area contributed by atoms with Gasteiger partial charge in [0.2, 0.25) is 5.91 Å². The number of amides is 3. The van der Waals surface area contributed by atoms with Crippen molar-refractivity contribution in [2.45, 2.75) is 6.42 Å². The molecule has 0 saturated heterocycles. The molecule has 1 aromatic heterocycles. The van der Waals surface area contributed by atoms with Crippen molar-refractivity contribution in [2.75, 3.05) is 24.3 Å². The number of furan rings is 1. The van der Waals surface area contributed by atoms with Gasteiger partial charge in [-0.25, -0.2) is 0 Å². The highest BCUT2D eigenvalue weighted by Gasteiger charge is 2.13. The molecule has 3 amide bonds. The van der Waals surface area contributed by atoms with Crippen LogP contribution in [-0.2, 0) is 16.0 Å². The molecule has 0 bridgehead atoms. The molecule has 0 aliphatic carbocycles. The summed E-state index contributed by atoms with van der Waals surface area (Å²) in [5, 5.41) is 6.57. The second-order valence-corrected chi connectivity index (χ2v) is 7.65. The third kappa shape index (κ3) is 6.38. The number of fused-ring (bicyclic) bond motifs is 1. The van der Waals surface area contributed by atoms with E-state index in [1.54, 1.807) is 67.8 Å². The number of hydrogen-bond acceptors (Lipinski definition) is 6. The smallest absolute Gasteiger partial charge is 0.291 e. The molecule has 0 radical (unpaired) electrons. The van der Waals surface area contributed by atoms with E-state index in [9.17, 15) is 14.4 Å². The zero-order valence-electron chi connectivity index (χ0n) is 19.0. The van der Waals surface area contributed by atoms with Gasteiger partial charge in [-0.3, -0.25) is 25.2 Å². The number of benzene rings is 3. The molecule has 3 aromatic carbocycles. The number of ether oxygens (including phenoxy) is 1. The summed E-state index contributed by atoms with van der Waals surface area (Å²) in [4.78, 5) is 36.6. The van der Waals surface area contributed by atoms with E-state index in [4.69, 9.17) is 9.15 Å². The predicted molar refractivity (Wildman–Crippen MR) is 132 cm³/mol. The van der Waals surface area contributed by atoms with Gasteiger partial charge in [-0.05, 0) is 54.1 Å². The van der Waals surface area contributed by atoms with Crippen molar-refractivity contribution in [1.82, 2.24) is 10.9 Å². The molecule has 0 aliphatic heterocycles. The summed E-state index contributed by atoms with van der Waals surface area (Å²) in [5.74, 6) is -0.196. The van der Waals surface area contributed by atoms with Crippen LogP contribution in [0.2, 0.25) is 0 Å². The van der Waals surface area contributed by atoms with E-state index in [2.05, 4.69) is 21.5 Å². The molecule has 0 unspecified atom stereocenters. The number of nitrogens with one attached hydrogen (secondary N) is 4. The second kappa shape index (κ2) is 10.9. The van der Waals surface area contributed by atoms with Crippen molar-refractivity contribution in [3.63, 3.8) is 0 Å². The van der Waals surface area contributed by atoms with E-state index in [-0.39, 0.29) is 30.5 Å². The molecule has 0 saturated carbocycles. The topological polar surface area (TPSA) is 122 Å². The first-order valence-corrected chi connectivity index (χ1v) is 10.8. The highest BCUT2D eigenvalue weighted by Crippen LogP contribution is 2.20. The maximum Gasteiger partial charge on any atom is 0.291 e. The molecule has 4 rings (SSSR count). The van der Waals surface area contributed by atoms with Gasteiger partial charge in [-0.1, -0.05) is 30.3 Å². The van der Waals surface area contributed by atoms with Gasteiger partial charge in [0.25, 0.3) is 11.8 Å². The average molecular weight is 473 g/mol. The van der Waals surface area contributed by atoms with Crippen LogP contribution in [0.5, 0.6) is 5.75 Å². The lowest BCUT2D eigenvalue weighted by molar-refractivity contribution is -0.127. The fraction of sp³-hybridized carbons (Fsp3) is 0.115. The van der Waals surface area contributed by atoms with E-state index in [0.29, 0.717) is 17.0 Å². The van der Waals surface area contributed by atoms with Crippen molar-refractivity contribution in [2.24, 2.45) is 0 Å². The highest BCUT2D eigenvalue weighted by molar-refractivity contribution is 6.04. The van der Waals surface area contributed by atoms with E-state index in [0.717, 1.165) is 16.6 Å². The molecule has 178 valence electrons. The molecule has 0 aliphatic rings. The average Bonchev–Trinajstić information content (AvgIpc) is 3.32. The van der Waals surface area contributed by atoms with Crippen molar-refractivity contribution in [1.29, 1.82) is 0 Å². The number of hydrazine groups is 1. The first-order chi connectivity index (χ1) is 17.0. The summed E-state index contributed by atoms with van der Waals surface area (Å²) in [5.41, 5.74) is 7.43. The zero-order valence-corrected chi connectivity index (χ0v) is 19.0.